The van der Waals surface area contributed by atoms with Crippen molar-refractivity contribution in [2.24, 2.45) is 0 Å². The second-order valence-corrected chi connectivity index (χ2v) is 4.72. The van der Waals surface area contributed by atoms with Crippen LogP contribution in [0.25, 0.3) is 0 Å². The van der Waals surface area contributed by atoms with Crippen LogP contribution in [0.3, 0.4) is 0 Å². The van der Waals surface area contributed by atoms with Crippen LogP contribution in [0.15, 0.2) is 36.5 Å². The van der Waals surface area contributed by atoms with Gasteiger partial charge in [0.2, 0.25) is 0 Å². The van der Waals surface area contributed by atoms with E-state index in [2.05, 4.69) is 28.5 Å². The summed E-state index contributed by atoms with van der Waals surface area (Å²) in [4.78, 5) is 4.21. The number of nitrogens with one attached hydrogen (secondary N) is 1. The average Bonchev–Trinajstić information content (AvgIpc) is 2.40. The summed E-state index contributed by atoms with van der Waals surface area (Å²) in [6.45, 7) is 6.85. The van der Waals surface area contributed by atoms with Gasteiger partial charge >= 0.3 is 0 Å². The third kappa shape index (κ3) is 2.99. The number of pyridine rings is 1. The van der Waals surface area contributed by atoms with Crippen molar-refractivity contribution in [3.05, 3.63) is 64.7 Å². The zero-order valence-electron chi connectivity index (χ0n) is 11.6. The first-order valence-corrected chi connectivity index (χ1v) is 6.54. The van der Waals surface area contributed by atoms with E-state index in [-0.39, 0.29) is 11.9 Å². The Hall–Kier alpha value is -1.74. The number of halogens is 1. The van der Waals surface area contributed by atoms with E-state index in [1.54, 1.807) is 12.3 Å². The first-order valence-electron chi connectivity index (χ1n) is 6.54. The van der Waals surface area contributed by atoms with E-state index in [1.165, 1.54) is 11.6 Å². The van der Waals surface area contributed by atoms with Crippen molar-refractivity contribution in [3.63, 3.8) is 0 Å². The van der Waals surface area contributed by atoms with E-state index in [0.29, 0.717) is 5.69 Å². The van der Waals surface area contributed by atoms with Gasteiger partial charge in [-0.2, -0.15) is 0 Å². The molecule has 1 aromatic heterocycles. The average molecular weight is 258 g/mol. The van der Waals surface area contributed by atoms with Crippen molar-refractivity contribution in [2.45, 2.75) is 26.8 Å². The fraction of sp³-hybridized carbons (Fsp3) is 0.312. The smallest absolute Gasteiger partial charge is 0.146 e. The summed E-state index contributed by atoms with van der Waals surface area (Å²) in [6, 6.07) is 9.09. The van der Waals surface area contributed by atoms with Gasteiger partial charge in [-0.3, -0.25) is 4.98 Å². The maximum absolute atomic E-state index is 14.0. The van der Waals surface area contributed by atoms with Gasteiger partial charge in [0.15, 0.2) is 0 Å². The molecule has 0 fully saturated rings. The lowest BCUT2D eigenvalue weighted by Crippen LogP contribution is -2.24. The molecule has 100 valence electrons. The summed E-state index contributed by atoms with van der Waals surface area (Å²) >= 11 is 0. The molecule has 1 unspecified atom stereocenters. The Morgan fingerprint density at radius 2 is 2.05 bits per heavy atom. The zero-order chi connectivity index (χ0) is 13.8. The molecule has 1 atom stereocenters. The predicted octanol–water partition coefficient (Wildman–Crippen LogP) is 3.54. The summed E-state index contributed by atoms with van der Waals surface area (Å²) in [5, 5.41) is 3.32. The minimum absolute atomic E-state index is 0.203. The number of hydrogen-bond acceptors (Lipinski definition) is 2. The van der Waals surface area contributed by atoms with Crippen molar-refractivity contribution >= 4 is 0 Å². The Balaban J connectivity index is 2.51. The largest absolute Gasteiger partial charge is 0.305 e. The molecule has 1 aromatic carbocycles. The standard InChI is InChI=1S/C16H19FN2/c1-4-18-15(16-14(17)6-5-9-19-16)13-10-11(2)7-8-12(13)3/h5-10,15,18H,4H2,1-3H3. The van der Waals surface area contributed by atoms with Gasteiger partial charge < -0.3 is 5.32 Å². The number of rotatable bonds is 4. The molecule has 0 spiro atoms. The molecule has 0 aliphatic heterocycles. The summed E-state index contributed by atoms with van der Waals surface area (Å²) in [5.74, 6) is -0.269. The monoisotopic (exact) mass is 258 g/mol. The molecule has 0 saturated carbocycles. The first-order chi connectivity index (χ1) is 9.13. The number of benzene rings is 1. The van der Waals surface area contributed by atoms with Gasteiger partial charge in [-0.15, -0.1) is 0 Å². The van der Waals surface area contributed by atoms with Gasteiger partial charge in [-0.1, -0.05) is 30.7 Å². The van der Waals surface area contributed by atoms with Gasteiger partial charge in [0, 0.05) is 6.20 Å². The molecule has 0 amide bonds. The van der Waals surface area contributed by atoms with Crippen LogP contribution < -0.4 is 5.32 Å². The number of aryl methyl sites for hydroxylation is 2. The van der Waals surface area contributed by atoms with E-state index in [0.717, 1.165) is 17.7 Å². The maximum Gasteiger partial charge on any atom is 0.146 e. The molecule has 2 nitrogen and oxygen atoms in total. The molecule has 2 aromatic rings. The third-order valence-corrected chi connectivity index (χ3v) is 3.21. The fourth-order valence-electron chi connectivity index (χ4n) is 2.24. The van der Waals surface area contributed by atoms with Gasteiger partial charge in [-0.05, 0) is 43.7 Å². The van der Waals surface area contributed by atoms with Crippen LogP contribution in [0.1, 0.15) is 35.3 Å². The topological polar surface area (TPSA) is 24.9 Å². The quantitative estimate of drug-likeness (QED) is 0.907. The second-order valence-electron chi connectivity index (χ2n) is 4.72. The highest BCUT2D eigenvalue weighted by Crippen LogP contribution is 2.26. The van der Waals surface area contributed by atoms with E-state index in [4.69, 9.17) is 0 Å². The highest BCUT2D eigenvalue weighted by atomic mass is 19.1. The van der Waals surface area contributed by atoms with Crippen molar-refractivity contribution in [1.82, 2.24) is 10.3 Å². The SMILES string of the molecule is CCNC(c1cc(C)ccc1C)c1ncccc1F. The van der Waals surface area contributed by atoms with Gasteiger partial charge in [-0.25, -0.2) is 4.39 Å². The molecular formula is C16H19FN2. The molecule has 0 aliphatic rings. The molecule has 1 heterocycles. The summed E-state index contributed by atoms with van der Waals surface area (Å²) < 4.78 is 14.0. The molecule has 0 radical (unpaired) electrons. The Morgan fingerprint density at radius 3 is 2.74 bits per heavy atom. The van der Waals surface area contributed by atoms with E-state index in [9.17, 15) is 4.39 Å². The molecule has 0 bridgehead atoms. The normalized spacial score (nSPS) is 12.4. The van der Waals surface area contributed by atoms with Gasteiger partial charge in [0.05, 0.1) is 11.7 Å². The molecule has 1 N–H and O–H groups in total. The first kappa shape index (κ1) is 13.7. The lowest BCUT2D eigenvalue weighted by Gasteiger charge is -2.21. The molecule has 3 heteroatoms. The van der Waals surface area contributed by atoms with Crippen LogP contribution in [0, 0.1) is 19.7 Å². The van der Waals surface area contributed by atoms with Crippen LogP contribution in [-0.2, 0) is 0 Å². The highest BCUT2D eigenvalue weighted by Gasteiger charge is 2.19. The van der Waals surface area contributed by atoms with Gasteiger partial charge in [0.25, 0.3) is 0 Å². The van der Waals surface area contributed by atoms with Crippen molar-refractivity contribution < 1.29 is 4.39 Å². The van der Waals surface area contributed by atoms with Crippen molar-refractivity contribution in [1.29, 1.82) is 0 Å². The Kier molecular flexibility index (Phi) is 4.27. The third-order valence-electron chi connectivity index (χ3n) is 3.21. The lowest BCUT2D eigenvalue weighted by molar-refractivity contribution is 0.541. The Labute approximate surface area is 113 Å². The van der Waals surface area contributed by atoms with E-state index >= 15 is 0 Å². The van der Waals surface area contributed by atoms with Crippen LogP contribution >= 0.6 is 0 Å². The molecule has 0 saturated heterocycles. The number of hydrogen-bond donors (Lipinski definition) is 1. The highest BCUT2D eigenvalue weighted by molar-refractivity contribution is 5.37. The van der Waals surface area contributed by atoms with E-state index in [1.807, 2.05) is 20.8 Å². The molecular weight excluding hydrogens is 239 g/mol. The van der Waals surface area contributed by atoms with Crippen molar-refractivity contribution in [2.75, 3.05) is 6.54 Å². The van der Waals surface area contributed by atoms with Crippen LogP contribution in [0.2, 0.25) is 0 Å². The Bertz CT molecular complexity index is 566. The van der Waals surface area contributed by atoms with Crippen molar-refractivity contribution in [3.8, 4) is 0 Å². The molecule has 0 aliphatic carbocycles. The van der Waals surface area contributed by atoms with Crippen LogP contribution in [0.4, 0.5) is 4.39 Å². The van der Waals surface area contributed by atoms with Gasteiger partial charge in [0.1, 0.15) is 5.82 Å². The summed E-state index contributed by atoms with van der Waals surface area (Å²) in [6.07, 6.45) is 1.63. The minimum Gasteiger partial charge on any atom is -0.305 e. The maximum atomic E-state index is 14.0. The fourth-order valence-corrected chi connectivity index (χ4v) is 2.24. The summed E-state index contributed by atoms with van der Waals surface area (Å²) in [7, 11) is 0. The van der Waals surface area contributed by atoms with Crippen LogP contribution in [-0.4, -0.2) is 11.5 Å². The van der Waals surface area contributed by atoms with Crippen LogP contribution in [0.5, 0.6) is 0 Å². The summed E-state index contributed by atoms with van der Waals surface area (Å²) in [5.41, 5.74) is 3.85. The lowest BCUT2D eigenvalue weighted by atomic mass is 9.96. The Morgan fingerprint density at radius 1 is 1.26 bits per heavy atom. The number of nitrogens with zero attached hydrogens (tertiary/aromatic N) is 1. The predicted molar refractivity (Wildman–Crippen MR) is 75.6 cm³/mol. The molecule has 19 heavy (non-hydrogen) atoms. The molecule has 2 rings (SSSR count). The number of aromatic nitrogens is 1. The second kappa shape index (κ2) is 5.93. The minimum atomic E-state index is -0.269. The van der Waals surface area contributed by atoms with E-state index < -0.39 is 0 Å². The zero-order valence-corrected chi connectivity index (χ0v) is 11.6.